The fourth-order valence-corrected chi connectivity index (χ4v) is 6.31. The molecule has 0 saturated carbocycles. The molecule has 0 unspecified atom stereocenters. The molecule has 6 rings (SSSR count). The summed E-state index contributed by atoms with van der Waals surface area (Å²) in [6.45, 7) is 1.86. The Morgan fingerprint density at radius 2 is 1.87 bits per heavy atom. The number of methoxy groups -OCH3 is 1. The molecule has 3 heterocycles. The summed E-state index contributed by atoms with van der Waals surface area (Å²) in [5.74, 6) is 0.781. The number of esters is 1. The Labute approximate surface area is 264 Å². The maximum Gasteiger partial charge on any atom is 0.338 e. The molecule has 0 amide bonds. The van der Waals surface area contributed by atoms with Crippen LogP contribution in [0.25, 0.3) is 23.1 Å². The fraction of sp³-hybridized carbons (Fsp3) is 0.121. The highest BCUT2D eigenvalue weighted by Gasteiger charge is 2.35. The highest BCUT2D eigenvalue weighted by molar-refractivity contribution is 7.07. The molecule has 0 fully saturated rings. The molecular formula is C33H24ClN3O7S. The molecule has 3 aromatic carbocycles. The van der Waals surface area contributed by atoms with E-state index in [1.165, 1.54) is 22.8 Å². The number of nitro benzene ring substituents is 1. The molecule has 12 heteroatoms. The number of thiazole rings is 1. The highest BCUT2D eigenvalue weighted by atomic mass is 35.5. The first-order valence-corrected chi connectivity index (χ1v) is 14.9. The van der Waals surface area contributed by atoms with Gasteiger partial charge in [0.1, 0.15) is 17.3 Å². The van der Waals surface area contributed by atoms with E-state index in [0.717, 1.165) is 11.3 Å². The van der Waals surface area contributed by atoms with Gasteiger partial charge in [0.15, 0.2) is 4.80 Å². The van der Waals surface area contributed by atoms with E-state index in [1.54, 1.807) is 56.5 Å². The lowest BCUT2D eigenvalue weighted by Crippen LogP contribution is -2.40. The Morgan fingerprint density at radius 3 is 2.53 bits per heavy atom. The molecular weight excluding hydrogens is 618 g/mol. The second kappa shape index (κ2) is 12.4. The van der Waals surface area contributed by atoms with Gasteiger partial charge in [-0.1, -0.05) is 65.4 Å². The number of carbonyl (C=O) groups is 1. The second-order valence-electron chi connectivity index (χ2n) is 9.83. The molecule has 0 spiro atoms. The number of aromatic nitrogens is 1. The van der Waals surface area contributed by atoms with Gasteiger partial charge in [-0.2, -0.15) is 0 Å². The van der Waals surface area contributed by atoms with Crippen LogP contribution in [0.2, 0.25) is 5.02 Å². The SMILES string of the molecule is CCOC(=O)C1=C(c2ccccc2)N=c2s/c(=C\c3ccc(-c4ccc([N+](=O)[O-])cc4Cl)o3)c(=O)n2[C@H]1c1ccc(OC)cc1. The fourth-order valence-electron chi connectivity index (χ4n) is 5.06. The smallest absolute Gasteiger partial charge is 0.338 e. The summed E-state index contributed by atoms with van der Waals surface area (Å²) in [6, 6.07) is 23.0. The van der Waals surface area contributed by atoms with Crippen molar-refractivity contribution in [2.45, 2.75) is 13.0 Å². The first-order valence-electron chi connectivity index (χ1n) is 13.8. The van der Waals surface area contributed by atoms with Crippen molar-refractivity contribution in [2.24, 2.45) is 4.99 Å². The minimum Gasteiger partial charge on any atom is -0.497 e. The number of halogens is 1. The third-order valence-corrected chi connectivity index (χ3v) is 8.43. The van der Waals surface area contributed by atoms with Gasteiger partial charge in [-0.15, -0.1) is 0 Å². The summed E-state index contributed by atoms with van der Waals surface area (Å²) >= 11 is 7.46. The third-order valence-electron chi connectivity index (χ3n) is 7.13. The lowest BCUT2D eigenvalue weighted by atomic mass is 9.93. The summed E-state index contributed by atoms with van der Waals surface area (Å²) in [6.07, 6.45) is 1.59. The van der Waals surface area contributed by atoms with Crippen molar-refractivity contribution in [2.75, 3.05) is 13.7 Å². The van der Waals surface area contributed by atoms with Crippen molar-refractivity contribution >= 4 is 46.4 Å². The van der Waals surface area contributed by atoms with Crippen LogP contribution in [-0.2, 0) is 9.53 Å². The van der Waals surface area contributed by atoms with E-state index in [-0.39, 0.29) is 28.4 Å². The first-order chi connectivity index (χ1) is 21.8. The van der Waals surface area contributed by atoms with Crippen LogP contribution in [0, 0.1) is 10.1 Å². The lowest BCUT2D eigenvalue weighted by Gasteiger charge is -2.26. The molecule has 0 N–H and O–H groups in total. The van der Waals surface area contributed by atoms with Gasteiger partial charge in [0.2, 0.25) is 0 Å². The van der Waals surface area contributed by atoms with Gasteiger partial charge < -0.3 is 13.9 Å². The van der Waals surface area contributed by atoms with Gasteiger partial charge in [0.25, 0.3) is 11.2 Å². The van der Waals surface area contributed by atoms with Gasteiger partial charge in [-0.05, 0) is 42.8 Å². The molecule has 226 valence electrons. The number of carbonyl (C=O) groups excluding carboxylic acids is 1. The van der Waals surface area contributed by atoms with Crippen molar-refractivity contribution in [1.29, 1.82) is 0 Å². The Kier molecular flexibility index (Phi) is 8.20. The monoisotopic (exact) mass is 641 g/mol. The third kappa shape index (κ3) is 5.70. The number of furan rings is 1. The van der Waals surface area contributed by atoms with Crippen molar-refractivity contribution in [3.05, 3.63) is 142 Å². The molecule has 1 atom stereocenters. The van der Waals surface area contributed by atoms with E-state index in [0.29, 0.717) is 49.0 Å². The minimum atomic E-state index is -0.838. The Hall–Kier alpha value is -5.26. The number of rotatable bonds is 8. The Morgan fingerprint density at radius 1 is 1.11 bits per heavy atom. The molecule has 0 aliphatic carbocycles. The quantitative estimate of drug-likeness (QED) is 0.120. The molecule has 2 aromatic heterocycles. The Balaban J connectivity index is 1.52. The van der Waals surface area contributed by atoms with Gasteiger partial charge in [-0.25, -0.2) is 9.79 Å². The van der Waals surface area contributed by atoms with E-state index >= 15 is 0 Å². The predicted octanol–water partition coefficient (Wildman–Crippen LogP) is 5.77. The van der Waals surface area contributed by atoms with Crippen molar-refractivity contribution < 1.29 is 23.6 Å². The molecule has 1 aliphatic heterocycles. The normalized spacial score (nSPS) is 14.6. The zero-order chi connectivity index (χ0) is 31.7. The zero-order valence-electron chi connectivity index (χ0n) is 23.9. The molecule has 45 heavy (non-hydrogen) atoms. The van der Waals surface area contributed by atoms with Crippen LogP contribution in [0.3, 0.4) is 0 Å². The number of fused-ring (bicyclic) bond motifs is 1. The zero-order valence-corrected chi connectivity index (χ0v) is 25.5. The summed E-state index contributed by atoms with van der Waals surface area (Å²) in [4.78, 5) is 43.5. The van der Waals surface area contributed by atoms with Crippen LogP contribution in [0.4, 0.5) is 5.69 Å². The van der Waals surface area contributed by atoms with E-state index in [1.807, 2.05) is 30.3 Å². The van der Waals surface area contributed by atoms with Crippen LogP contribution in [0.1, 0.15) is 29.9 Å². The van der Waals surface area contributed by atoms with Crippen molar-refractivity contribution in [3.8, 4) is 17.1 Å². The molecule has 10 nitrogen and oxygen atoms in total. The summed E-state index contributed by atoms with van der Waals surface area (Å²) in [5, 5.41) is 11.3. The standard InChI is InChI=1S/C33H24ClN3O7S/c1-3-43-32(39)28-29(19-7-5-4-6-8-19)35-33-36(30(28)20-9-12-22(42-2)13-10-20)31(38)27(45-33)18-23-14-16-26(44-23)24-15-11-21(37(40)41)17-25(24)34/h4-18,30H,3H2,1-2H3/b27-18-/t30-/m0/s1. The maximum atomic E-state index is 14.1. The average molecular weight is 642 g/mol. The number of hydrogen-bond donors (Lipinski definition) is 0. The van der Waals surface area contributed by atoms with E-state index in [9.17, 15) is 19.7 Å². The molecule has 0 bridgehead atoms. The van der Waals surface area contributed by atoms with Gasteiger partial charge in [-0.3, -0.25) is 19.5 Å². The number of ether oxygens (including phenoxy) is 2. The lowest BCUT2D eigenvalue weighted by molar-refractivity contribution is -0.384. The maximum absolute atomic E-state index is 14.1. The van der Waals surface area contributed by atoms with Crippen molar-refractivity contribution in [3.63, 3.8) is 0 Å². The number of benzene rings is 3. The van der Waals surface area contributed by atoms with Crippen LogP contribution in [0.15, 0.2) is 105 Å². The van der Waals surface area contributed by atoms with Crippen LogP contribution in [-0.4, -0.2) is 29.2 Å². The number of hydrogen-bond acceptors (Lipinski definition) is 9. The first kappa shape index (κ1) is 29.8. The van der Waals surface area contributed by atoms with Crippen LogP contribution >= 0.6 is 22.9 Å². The molecule has 1 aliphatic rings. The van der Waals surface area contributed by atoms with Crippen LogP contribution < -0.4 is 19.6 Å². The van der Waals surface area contributed by atoms with Gasteiger partial charge in [0.05, 0.1) is 45.5 Å². The summed E-state index contributed by atoms with van der Waals surface area (Å²) < 4.78 is 18.6. The molecule has 0 radical (unpaired) electrons. The van der Waals surface area contributed by atoms with Crippen LogP contribution in [0.5, 0.6) is 5.75 Å². The van der Waals surface area contributed by atoms with E-state index < -0.39 is 16.9 Å². The topological polar surface area (TPSA) is 126 Å². The molecule has 0 saturated heterocycles. The average Bonchev–Trinajstić information content (AvgIpc) is 3.64. The number of non-ortho nitro benzene ring substituents is 1. The van der Waals surface area contributed by atoms with Crippen molar-refractivity contribution in [1.82, 2.24) is 4.57 Å². The summed E-state index contributed by atoms with van der Waals surface area (Å²) in [7, 11) is 1.56. The second-order valence-corrected chi connectivity index (χ2v) is 11.2. The Bertz CT molecular complexity index is 2150. The number of nitrogens with zero attached hydrogens (tertiary/aromatic N) is 3. The predicted molar refractivity (Wildman–Crippen MR) is 170 cm³/mol. The summed E-state index contributed by atoms with van der Waals surface area (Å²) in [5.41, 5.74) is 1.97. The molecule has 5 aromatic rings. The minimum absolute atomic E-state index is 0.139. The largest absolute Gasteiger partial charge is 0.497 e. The van der Waals surface area contributed by atoms with E-state index in [2.05, 4.69) is 0 Å². The van der Waals surface area contributed by atoms with Gasteiger partial charge >= 0.3 is 5.97 Å². The van der Waals surface area contributed by atoms with Gasteiger partial charge in [0, 0.05) is 29.3 Å². The van der Waals surface area contributed by atoms with E-state index in [4.69, 9.17) is 30.5 Å². The number of nitro groups is 1. The highest BCUT2D eigenvalue weighted by Crippen LogP contribution is 2.36.